The first kappa shape index (κ1) is 15.8. The molecular weight excluding hydrogens is 288 g/mol. The van der Waals surface area contributed by atoms with E-state index in [1.807, 2.05) is 57.2 Å². The van der Waals surface area contributed by atoms with Crippen molar-refractivity contribution in [2.75, 3.05) is 13.2 Å². The highest BCUT2D eigenvalue weighted by Gasteiger charge is 2.50. The Hall–Kier alpha value is -2.13. The summed E-state index contributed by atoms with van der Waals surface area (Å²) < 4.78 is 11.4. The predicted molar refractivity (Wildman–Crippen MR) is 90.4 cm³/mol. The van der Waals surface area contributed by atoms with Gasteiger partial charge in [-0.05, 0) is 43.0 Å². The van der Waals surface area contributed by atoms with Gasteiger partial charge in [0.05, 0.1) is 12.7 Å². The Labute approximate surface area is 137 Å². The largest absolute Gasteiger partial charge is 0.462 e. The predicted octanol–water partition coefficient (Wildman–Crippen LogP) is 3.94. The summed E-state index contributed by atoms with van der Waals surface area (Å²) in [6.07, 6.45) is -0.166. The minimum absolute atomic E-state index is 0.166. The molecule has 1 aliphatic rings. The Kier molecular flexibility index (Phi) is 4.22. The summed E-state index contributed by atoms with van der Waals surface area (Å²) in [6.45, 7) is 6.54. The summed E-state index contributed by atoms with van der Waals surface area (Å²) in [6, 6.07) is 16.1. The Balaban J connectivity index is 2.23. The van der Waals surface area contributed by atoms with Crippen LogP contribution in [0.4, 0.5) is 0 Å². The zero-order chi connectivity index (χ0) is 16.4. The van der Waals surface area contributed by atoms with Crippen molar-refractivity contribution in [1.29, 1.82) is 0 Å². The highest BCUT2D eigenvalue weighted by atomic mass is 16.5. The number of fused-ring (bicyclic) bond motifs is 3. The molecule has 2 aromatic rings. The van der Waals surface area contributed by atoms with E-state index in [0.29, 0.717) is 13.2 Å². The fourth-order valence-corrected chi connectivity index (χ4v) is 3.33. The number of carbonyl (C=O) groups excluding carboxylic acids is 1. The van der Waals surface area contributed by atoms with Gasteiger partial charge in [0, 0.05) is 6.61 Å². The van der Waals surface area contributed by atoms with Crippen molar-refractivity contribution in [2.45, 2.75) is 32.3 Å². The van der Waals surface area contributed by atoms with Crippen molar-refractivity contribution < 1.29 is 14.3 Å². The van der Waals surface area contributed by atoms with Crippen molar-refractivity contribution in [1.82, 2.24) is 0 Å². The molecule has 0 N–H and O–H groups in total. The van der Waals surface area contributed by atoms with Crippen molar-refractivity contribution >= 4 is 5.97 Å². The molecule has 0 saturated carbocycles. The normalized spacial score (nSPS) is 14.4. The van der Waals surface area contributed by atoms with Gasteiger partial charge < -0.3 is 9.47 Å². The van der Waals surface area contributed by atoms with Gasteiger partial charge in [-0.2, -0.15) is 0 Å². The number of hydrogen-bond acceptors (Lipinski definition) is 3. The molecule has 0 amide bonds. The average molecular weight is 310 g/mol. The third-order valence-corrected chi connectivity index (χ3v) is 4.28. The Morgan fingerprint density at radius 3 is 2.00 bits per heavy atom. The van der Waals surface area contributed by atoms with E-state index in [1.54, 1.807) is 0 Å². The van der Waals surface area contributed by atoms with Crippen molar-refractivity contribution in [2.24, 2.45) is 0 Å². The highest BCUT2D eigenvalue weighted by molar-refractivity contribution is 5.98. The first-order chi connectivity index (χ1) is 11.1. The zero-order valence-corrected chi connectivity index (χ0v) is 13.8. The van der Waals surface area contributed by atoms with Gasteiger partial charge in [-0.1, -0.05) is 48.5 Å². The van der Waals surface area contributed by atoms with Crippen LogP contribution >= 0.6 is 0 Å². The molecule has 3 rings (SSSR count). The number of rotatable bonds is 5. The molecule has 3 nitrogen and oxygen atoms in total. The van der Waals surface area contributed by atoms with Crippen LogP contribution in [0.1, 0.15) is 31.9 Å². The maximum atomic E-state index is 13.1. The number of carbonyl (C=O) groups is 1. The van der Waals surface area contributed by atoms with Gasteiger partial charge in [-0.15, -0.1) is 0 Å². The average Bonchev–Trinajstić information content (AvgIpc) is 2.84. The van der Waals surface area contributed by atoms with E-state index in [9.17, 15) is 4.79 Å². The van der Waals surface area contributed by atoms with Crippen LogP contribution in [0, 0.1) is 0 Å². The van der Waals surface area contributed by atoms with Crippen LogP contribution in [0.2, 0.25) is 0 Å². The summed E-state index contributed by atoms with van der Waals surface area (Å²) >= 11 is 0. The topological polar surface area (TPSA) is 35.5 Å². The van der Waals surface area contributed by atoms with Crippen LogP contribution in [0.3, 0.4) is 0 Å². The highest BCUT2D eigenvalue weighted by Crippen LogP contribution is 2.49. The molecule has 0 aromatic heterocycles. The molecule has 1 aliphatic carbocycles. The van der Waals surface area contributed by atoms with E-state index in [2.05, 4.69) is 12.1 Å². The van der Waals surface area contributed by atoms with Crippen molar-refractivity contribution in [3.63, 3.8) is 0 Å². The van der Waals surface area contributed by atoms with E-state index in [-0.39, 0.29) is 12.1 Å². The summed E-state index contributed by atoms with van der Waals surface area (Å²) in [5, 5.41) is 0. The molecule has 0 spiro atoms. The SMILES string of the molecule is CCOCC1(C(=O)OC(C)C)c2ccccc2-c2ccccc21. The molecule has 0 aliphatic heterocycles. The van der Waals surface area contributed by atoms with E-state index in [4.69, 9.17) is 9.47 Å². The Morgan fingerprint density at radius 2 is 1.52 bits per heavy atom. The second-order valence-electron chi connectivity index (χ2n) is 6.09. The van der Waals surface area contributed by atoms with Gasteiger partial charge in [0.25, 0.3) is 0 Å². The quantitative estimate of drug-likeness (QED) is 0.785. The minimum Gasteiger partial charge on any atom is -0.462 e. The van der Waals surface area contributed by atoms with E-state index < -0.39 is 5.41 Å². The molecule has 0 saturated heterocycles. The van der Waals surface area contributed by atoms with Crippen LogP contribution in [0.25, 0.3) is 11.1 Å². The van der Waals surface area contributed by atoms with Crippen LogP contribution in [-0.2, 0) is 19.7 Å². The molecule has 23 heavy (non-hydrogen) atoms. The van der Waals surface area contributed by atoms with Gasteiger partial charge in [-0.3, -0.25) is 4.79 Å². The molecule has 2 aromatic carbocycles. The molecule has 0 fully saturated rings. The molecule has 0 radical (unpaired) electrons. The van der Waals surface area contributed by atoms with E-state index >= 15 is 0 Å². The first-order valence-corrected chi connectivity index (χ1v) is 8.09. The summed E-state index contributed by atoms with van der Waals surface area (Å²) in [5.41, 5.74) is 3.24. The number of esters is 1. The standard InChI is InChI=1S/C20H22O3/c1-4-22-13-20(19(21)23-14(2)3)17-11-7-5-9-15(17)16-10-6-8-12-18(16)20/h5-12,14H,4,13H2,1-3H3. The van der Waals surface area contributed by atoms with Crippen LogP contribution in [-0.4, -0.2) is 25.3 Å². The lowest BCUT2D eigenvalue weighted by Crippen LogP contribution is -2.42. The van der Waals surface area contributed by atoms with Gasteiger partial charge in [-0.25, -0.2) is 0 Å². The Bertz CT molecular complexity index is 673. The molecular formula is C20H22O3. The third-order valence-electron chi connectivity index (χ3n) is 4.28. The lowest BCUT2D eigenvalue weighted by molar-refractivity contribution is -0.155. The molecule has 0 heterocycles. The summed E-state index contributed by atoms with van der Waals surface area (Å²) in [7, 11) is 0. The van der Waals surface area contributed by atoms with Gasteiger partial charge in [0.15, 0.2) is 0 Å². The fourth-order valence-electron chi connectivity index (χ4n) is 3.33. The zero-order valence-electron chi connectivity index (χ0n) is 13.8. The second-order valence-corrected chi connectivity index (χ2v) is 6.09. The van der Waals surface area contributed by atoms with Crippen LogP contribution in [0.15, 0.2) is 48.5 Å². The van der Waals surface area contributed by atoms with Gasteiger partial charge in [0.1, 0.15) is 5.41 Å². The lowest BCUT2D eigenvalue weighted by Gasteiger charge is -2.30. The third kappa shape index (κ3) is 2.45. The summed E-state index contributed by atoms with van der Waals surface area (Å²) in [4.78, 5) is 13.1. The maximum Gasteiger partial charge on any atom is 0.323 e. The molecule has 3 heteroatoms. The molecule has 120 valence electrons. The van der Waals surface area contributed by atoms with E-state index in [0.717, 1.165) is 22.3 Å². The molecule has 0 unspecified atom stereocenters. The molecule has 0 bridgehead atoms. The minimum atomic E-state index is -0.881. The number of benzene rings is 2. The van der Waals surface area contributed by atoms with Crippen molar-refractivity contribution in [3.8, 4) is 11.1 Å². The first-order valence-electron chi connectivity index (χ1n) is 8.09. The van der Waals surface area contributed by atoms with Gasteiger partial charge >= 0.3 is 5.97 Å². The number of hydrogen-bond donors (Lipinski definition) is 0. The monoisotopic (exact) mass is 310 g/mol. The molecule has 0 atom stereocenters. The maximum absolute atomic E-state index is 13.1. The van der Waals surface area contributed by atoms with Gasteiger partial charge in [0.2, 0.25) is 0 Å². The van der Waals surface area contributed by atoms with Crippen molar-refractivity contribution in [3.05, 3.63) is 59.7 Å². The lowest BCUT2D eigenvalue weighted by atomic mass is 9.79. The summed E-state index contributed by atoms with van der Waals surface area (Å²) in [5.74, 6) is -0.238. The fraction of sp³-hybridized carbons (Fsp3) is 0.350. The Morgan fingerprint density at radius 1 is 1.00 bits per heavy atom. The smallest absolute Gasteiger partial charge is 0.323 e. The van der Waals surface area contributed by atoms with Crippen LogP contribution < -0.4 is 0 Å². The van der Waals surface area contributed by atoms with Crippen LogP contribution in [0.5, 0.6) is 0 Å². The second kappa shape index (κ2) is 6.17. The number of ether oxygens (including phenoxy) is 2. The van der Waals surface area contributed by atoms with E-state index in [1.165, 1.54) is 0 Å².